The maximum Gasteiger partial charge on any atom is 0.124 e. The smallest absolute Gasteiger partial charge is 0.124 e. The van der Waals surface area contributed by atoms with Crippen molar-refractivity contribution in [2.75, 3.05) is 19.5 Å². The molecule has 0 spiro atoms. The van der Waals surface area contributed by atoms with Gasteiger partial charge >= 0.3 is 0 Å². The average molecular weight is 195 g/mol. The van der Waals surface area contributed by atoms with Crippen LogP contribution in [0, 0.1) is 0 Å². The second-order valence-corrected chi connectivity index (χ2v) is 3.40. The lowest BCUT2D eigenvalue weighted by atomic mass is 10.2. The van der Waals surface area contributed by atoms with E-state index in [4.69, 9.17) is 9.47 Å². The molecule has 0 aliphatic heterocycles. The van der Waals surface area contributed by atoms with Gasteiger partial charge in [0, 0.05) is 29.9 Å². The highest BCUT2D eigenvalue weighted by Crippen LogP contribution is 2.25. The lowest BCUT2D eigenvalue weighted by Gasteiger charge is -2.12. The summed E-state index contributed by atoms with van der Waals surface area (Å²) in [5, 5.41) is 3.29. The third kappa shape index (κ3) is 2.83. The van der Waals surface area contributed by atoms with Crippen LogP contribution in [0.5, 0.6) is 11.5 Å². The van der Waals surface area contributed by atoms with Crippen molar-refractivity contribution in [3.05, 3.63) is 18.2 Å². The minimum atomic E-state index is 0.395. The molecule has 0 aliphatic rings. The van der Waals surface area contributed by atoms with E-state index in [9.17, 15) is 0 Å². The molecule has 3 nitrogen and oxygen atoms in total. The molecule has 0 unspecified atom stereocenters. The maximum atomic E-state index is 5.16. The Balaban J connectivity index is 2.92. The Morgan fingerprint density at radius 3 is 1.86 bits per heavy atom. The molecule has 0 heterocycles. The van der Waals surface area contributed by atoms with E-state index in [0.717, 1.165) is 17.2 Å². The van der Waals surface area contributed by atoms with Crippen molar-refractivity contribution in [3.8, 4) is 11.5 Å². The van der Waals surface area contributed by atoms with Crippen molar-refractivity contribution in [1.29, 1.82) is 0 Å². The van der Waals surface area contributed by atoms with Gasteiger partial charge in [0.15, 0.2) is 0 Å². The van der Waals surface area contributed by atoms with Crippen LogP contribution in [0.4, 0.5) is 5.69 Å². The molecule has 0 saturated heterocycles. The highest BCUT2D eigenvalue weighted by atomic mass is 16.5. The molecule has 0 aromatic heterocycles. The zero-order valence-electron chi connectivity index (χ0n) is 9.13. The van der Waals surface area contributed by atoms with Crippen molar-refractivity contribution in [1.82, 2.24) is 0 Å². The van der Waals surface area contributed by atoms with Gasteiger partial charge in [-0.15, -0.1) is 0 Å². The molecule has 0 radical (unpaired) electrons. The summed E-state index contributed by atoms with van der Waals surface area (Å²) >= 11 is 0. The van der Waals surface area contributed by atoms with E-state index >= 15 is 0 Å². The lowest BCUT2D eigenvalue weighted by Crippen LogP contribution is -2.09. The summed E-state index contributed by atoms with van der Waals surface area (Å²) in [5.41, 5.74) is 1.01. The largest absolute Gasteiger partial charge is 0.497 e. The predicted molar refractivity (Wildman–Crippen MR) is 58.3 cm³/mol. The standard InChI is InChI=1S/C11H17NO2/c1-8(2)12-9-5-10(13-3)7-11(6-9)14-4/h5-8,12H,1-4H3. The molecule has 0 aliphatic carbocycles. The molecule has 14 heavy (non-hydrogen) atoms. The van der Waals surface area contributed by atoms with Gasteiger partial charge in [-0.25, -0.2) is 0 Å². The molecule has 0 bridgehead atoms. The molecule has 0 amide bonds. The van der Waals surface area contributed by atoms with E-state index in [2.05, 4.69) is 19.2 Å². The minimum Gasteiger partial charge on any atom is -0.497 e. The molecule has 0 atom stereocenters. The Bertz CT molecular complexity index is 275. The first kappa shape index (κ1) is 10.7. The minimum absolute atomic E-state index is 0.395. The molecule has 0 saturated carbocycles. The fourth-order valence-electron chi connectivity index (χ4n) is 1.22. The number of benzene rings is 1. The topological polar surface area (TPSA) is 30.5 Å². The van der Waals surface area contributed by atoms with Gasteiger partial charge in [-0.2, -0.15) is 0 Å². The van der Waals surface area contributed by atoms with E-state index in [-0.39, 0.29) is 0 Å². The number of methoxy groups -OCH3 is 2. The molecular weight excluding hydrogens is 178 g/mol. The average Bonchev–Trinajstić information content (AvgIpc) is 2.16. The Morgan fingerprint density at radius 1 is 1.00 bits per heavy atom. The highest BCUT2D eigenvalue weighted by molar-refractivity contribution is 5.54. The first-order chi connectivity index (χ1) is 6.65. The van der Waals surface area contributed by atoms with Crippen molar-refractivity contribution >= 4 is 5.69 Å². The third-order valence-electron chi connectivity index (χ3n) is 1.81. The Labute approximate surface area is 85.0 Å². The number of rotatable bonds is 4. The van der Waals surface area contributed by atoms with Gasteiger partial charge in [0.25, 0.3) is 0 Å². The van der Waals surface area contributed by atoms with Crippen LogP contribution in [0.25, 0.3) is 0 Å². The maximum absolute atomic E-state index is 5.16. The zero-order valence-corrected chi connectivity index (χ0v) is 9.13. The molecular formula is C11H17NO2. The normalized spacial score (nSPS) is 10.1. The van der Waals surface area contributed by atoms with Crippen LogP contribution < -0.4 is 14.8 Å². The van der Waals surface area contributed by atoms with Gasteiger partial charge in [-0.3, -0.25) is 0 Å². The lowest BCUT2D eigenvalue weighted by molar-refractivity contribution is 0.394. The van der Waals surface area contributed by atoms with Gasteiger partial charge in [-0.05, 0) is 13.8 Å². The summed E-state index contributed by atoms with van der Waals surface area (Å²) in [7, 11) is 3.29. The van der Waals surface area contributed by atoms with Crippen LogP contribution in [0.1, 0.15) is 13.8 Å². The molecule has 3 heteroatoms. The molecule has 1 rings (SSSR count). The van der Waals surface area contributed by atoms with Gasteiger partial charge in [-0.1, -0.05) is 0 Å². The van der Waals surface area contributed by atoms with Crippen LogP contribution in [-0.4, -0.2) is 20.3 Å². The third-order valence-corrected chi connectivity index (χ3v) is 1.81. The van der Waals surface area contributed by atoms with E-state index in [1.807, 2.05) is 18.2 Å². The molecule has 0 fully saturated rings. The van der Waals surface area contributed by atoms with Crippen LogP contribution >= 0.6 is 0 Å². The quantitative estimate of drug-likeness (QED) is 0.800. The summed E-state index contributed by atoms with van der Waals surface area (Å²) in [5.74, 6) is 1.60. The monoisotopic (exact) mass is 195 g/mol. The van der Waals surface area contributed by atoms with Crippen molar-refractivity contribution in [3.63, 3.8) is 0 Å². The van der Waals surface area contributed by atoms with Gasteiger partial charge in [0.1, 0.15) is 11.5 Å². The molecule has 1 aromatic carbocycles. The highest BCUT2D eigenvalue weighted by Gasteiger charge is 2.02. The van der Waals surface area contributed by atoms with Gasteiger partial charge < -0.3 is 14.8 Å². The van der Waals surface area contributed by atoms with E-state index in [1.165, 1.54) is 0 Å². The van der Waals surface area contributed by atoms with Crippen LogP contribution in [0.2, 0.25) is 0 Å². The van der Waals surface area contributed by atoms with E-state index in [1.54, 1.807) is 14.2 Å². The Kier molecular flexibility index (Phi) is 3.63. The van der Waals surface area contributed by atoms with Crippen LogP contribution in [0.15, 0.2) is 18.2 Å². The molecule has 1 aromatic rings. The van der Waals surface area contributed by atoms with Crippen molar-refractivity contribution in [2.45, 2.75) is 19.9 Å². The Hall–Kier alpha value is -1.38. The van der Waals surface area contributed by atoms with Gasteiger partial charge in [0.2, 0.25) is 0 Å². The SMILES string of the molecule is COc1cc(NC(C)C)cc(OC)c1. The van der Waals surface area contributed by atoms with Crippen LogP contribution in [0.3, 0.4) is 0 Å². The van der Waals surface area contributed by atoms with Crippen LogP contribution in [-0.2, 0) is 0 Å². The molecule has 78 valence electrons. The van der Waals surface area contributed by atoms with E-state index < -0.39 is 0 Å². The zero-order chi connectivity index (χ0) is 10.6. The van der Waals surface area contributed by atoms with Crippen molar-refractivity contribution < 1.29 is 9.47 Å². The summed E-state index contributed by atoms with van der Waals surface area (Å²) < 4.78 is 10.3. The number of hydrogen-bond acceptors (Lipinski definition) is 3. The second-order valence-electron chi connectivity index (χ2n) is 3.40. The first-order valence-corrected chi connectivity index (χ1v) is 4.65. The van der Waals surface area contributed by atoms with E-state index in [0.29, 0.717) is 6.04 Å². The van der Waals surface area contributed by atoms with Crippen molar-refractivity contribution in [2.24, 2.45) is 0 Å². The fraction of sp³-hybridized carbons (Fsp3) is 0.455. The number of ether oxygens (including phenoxy) is 2. The number of hydrogen-bond donors (Lipinski definition) is 1. The predicted octanol–water partition coefficient (Wildman–Crippen LogP) is 2.52. The second kappa shape index (κ2) is 4.74. The summed E-state index contributed by atoms with van der Waals surface area (Å²) in [6.07, 6.45) is 0. The molecule has 1 N–H and O–H groups in total. The summed E-state index contributed by atoms with van der Waals surface area (Å²) in [6.45, 7) is 4.18. The summed E-state index contributed by atoms with van der Waals surface area (Å²) in [4.78, 5) is 0. The Morgan fingerprint density at radius 2 is 1.50 bits per heavy atom. The van der Waals surface area contributed by atoms with Gasteiger partial charge in [0.05, 0.1) is 14.2 Å². The number of nitrogens with one attached hydrogen (secondary N) is 1. The summed E-state index contributed by atoms with van der Waals surface area (Å²) in [6, 6.07) is 6.14. The fourth-order valence-corrected chi connectivity index (χ4v) is 1.22. The number of anilines is 1. The first-order valence-electron chi connectivity index (χ1n) is 4.65.